The van der Waals surface area contributed by atoms with Crippen molar-refractivity contribution in [3.05, 3.63) is 29.8 Å². The lowest BCUT2D eigenvalue weighted by Gasteiger charge is -2.01. The Morgan fingerprint density at radius 2 is 2.00 bits per heavy atom. The summed E-state index contributed by atoms with van der Waals surface area (Å²) in [6, 6.07) is 6.46. The van der Waals surface area contributed by atoms with E-state index in [0.29, 0.717) is 5.56 Å². The van der Waals surface area contributed by atoms with Crippen molar-refractivity contribution in [2.75, 3.05) is 13.2 Å². The van der Waals surface area contributed by atoms with Crippen LogP contribution in [0.2, 0.25) is 0 Å². The molecule has 0 unspecified atom stereocenters. The maximum atomic E-state index is 11.8. The first-order valence-electron chi connectivity index (χ1n) is 6.22. The third kappa shape index (κ3) is 3.66. The minimum atomic E-state index is -3.57. The predicted octanol–water partition coefficient (Wildman–Crippen LogP) is 0.247. The molecule has 0 radical (unpaired) electrons. The molecule has 0 saturated carbocycles. The minimum Gasteiger partial charge on any atom is -0.458 e. The summed E-state index contributed by atoms with van der Waals surface area (Å²) >= 11 is 0. The van der Waals surface area contributed by atoms with E-state index < -0.39 is 16.0 Å². The van der Waals surface area contributed by atoms with Crippen molar-refractivity contribution in [2.45, 2.75) is 18.2 Å². The van der Waals surface area contributed by atoms with Gasteiger partial charge in [-0.3, -0.25) is 19.3 Å². The van der Waals surface area contributed by atoms with Gasteiger partial charge in [-0.25, -0.2) is 8.42 Å². The monoisotopic (exact) mass is 310 g/mol. The third-order valence-electron chi connectivity index (χ3n) is 2.68. The number of nitrogens with zero attached hydrogens (tertiary/aromatic N) is 1. The van der Waals surface area contributed by atoms with E-state index in [1.807, 2.05) is 0 Å². The van der Waals surface area contributed by atoms with E-state index in [2.05, 4.69) is 14.5 Å². The smallest absolute Gasteiger partial charge is 0.308 e. The van der Waals surface area contributed by atoms with Crippen molar-refractivity contribution >= 4 is 27.6 Å². The summed E-state index contributed by atoms with van der Waals surface area (Å²) < 4.78 is 30.7. The number of benzene rings is 1. The second-order valence-electron chi connectivity index (χ2n) is 4.44. The summed E-state index contributed by atoms with van der Waals surface area (Å²) in [5.74, 6) is -0.583. The minimum absolute atomic E-state index is 0.0271. The average Bonchev–Trinajstić information content (AvgIpc) is 2.69. The zero-order valence-electron chi connectivity index (χ0n) is 11.3. The van der Waals surface area contributed by atoms with E-state index >= 15 is 0 Å². The molecule has 2 rings (SSSR count). The second-order valence-corrected chi connectivity index (χ2v) is 6.10. The lowest BCUT2D eigenvalue weighted by molar-refractivity contribution is -0.147. The quantitative estimate of drug-likeness (QED) is 0.785. The number of hydrogen-bond donors (Lipinski definition) is 1. The van der Waals surface area contributed by atoms with Crippen molar-refractivity contribution < 1.29 is 22.7 Å². The van der Waals surface area contributed by atoms with Gasteiger partial charge < -0.3 is 4.74 Å². The maximum absolute atomic E-state index is 11.8. The molecule has 1 heterocycles. The number of aliphatic imine (C=N–C) groups is 1. The molecule has 0 spiro atoms. The van der Waals surface area contributed by atoms with Crippen LogP contribution in [-0.2, 0) is 24.3 Å². The Balaban J connectivity index is 2.01. The van der Waals surface area contributed by atoms with Crippen LogP contribution in [0.4, 0.5) is 0 Å². The molecule has 1 N–H and O–H groups in total. The number of carbonyl (C=O) groups is 2. The van der Waals surface area contributed by atoms with Gasteiger partial charge in [-0.15, -0.1) is 0 Å². The maximum Gasteiger partial charge on any atom is 0.308 e. The van der Waals surface area contributed by atoms with E-state index in [1.54, 1.807) is 18.2 Å². The first-order valence-corrected chi connectivity index (χ1v) is 7.70. The molecule has 7 nitrogen and oxygen atoms in total. The molecule has 0 aromatic heterocycles. The van der Waals surface area contributed by atoms with Crippen LogP contribution in [0.1, 0.15) is 18.9 Å². The van der Waals surface area contributed by atoms with Gasteiger partial charge in [-0.05, 0) is 19.1 Å². The summed E-state index contributed by atoms with van der Waals surface area (Å²) in [6.07, 6.45) is -0.0271. The largest absolute Gasteiger partial charge is 0.458 e. The van der Waals surface area contributed by atoms with Gasteiger partial charge in [-0.2, -0.15) is 0 Å². The Kier molecular flexibility index (Phi) is 4.37. The van der Waals surface area contributed by atoms with Crippen LogP contribution in [0.15, 0.2) is 34.2 Å². The molecule has 0 fully saturated rings. The van der Waals surface area contributed by atoms with E-state index in [4.69, 9.17) is 0 Å². The number of ketones is 1. The molecule has 0 saturated heterocycles. The van der Waals surface area contributed by atoms with Crippen molar-refractivity contribution in [1.82, 2.24) is 4.72 Å². The highest BCUT2D eigenvalue weighted by atomic mass is 32.2. The molecule has 0 aliphatic carbocycles. The molecule has 0 bridgehead atoms. The first-order chi connectivity index (χ1) is 9.90. The SMILES string of the molecule is CC(=O)COC(=O)CCN=C1NS(=O)(=O)c2ccccc21. The zero-order chi connectivity index (χ0) is 15.5. The lowest BCUT2D eigenvalue weighted by atomic mass is 10.2. The number of sulfonamides is 1. The van der Waals surface area contributed by atoms with E-state index in [0.717, 1.165) is 0 Å². The van der Waals surface area contributed by atoms with Crippen LogP contribution in [0.25, 0.3) is 0 Å². The van der Waals surface area contributed by atoms with Crippen LogP contribution in [0.5, 0.6) is 0 Å². The highest BCUT2D eigenvalue weighted by molar-refractivity contribution is 7.90. The number of ether oxygens (including phenoxy) is 1. The number of rotatable bonds is 5. The molecular formula is C13H14N2O5S. The number of carbonyl (C=O) groups excluding carboxylic acids is 2. The van der Waals surface area contributed by atoms with Gasteiger partial charge in [-0.1, -0.05) is 12.1 Å². The number of amidine groups is 1. The molecular weight excluding hydrogens is 296 g/mol. The predicted molar refractivity (Wildman–Crippen MR) is 74.4 cm³/mol. The van der Waals surface area contributed by atoms with Gasteiger partial charge in [0.15, 0.2) is 5.78 Å². The van der Waals surface area contributed by atoms with Gasteiger partial charge in [0.2, 0.25) is 0 Å². The van der Waals surface area contributed by atoms with Crippen LogP contribution in [-0.4, -0.2) is 39.2 Å². The Labute approximate surface area is 122 Å². The summed E-state index contributed by atoms with van der Waals surface area (Å²) in [4.78, 5) is 26.2. The summed E-state index contributed by atoms with van der Waals surface area (Å²) in [5, 5.41) is 0. The molecule has 1 aliphatic rings. The van der Waals surface area contributed by atoms with E-state index in [9.17, 15) is 18.0 Å². The fraction of sp³-hybridized carbons (Fsp3) is 0.308. The number of Topliss-reactive ketones (excluding diaryl/α,β-unsaturated/α-hetero) is 1. The van der Waals surface area contributed by atoms with Crippen LogP contribution >= 0.6 is 0 Å². The van der Waals surface area contributed by atoms with Gasteiger partial charge in [0, 0.05) is 5.56 Å². The number of nitrogens with one attached hydrogen (secondary N) is 1. The Hall–Kier alpha value is -2.22. The number of hydrogen-bond acceptors (Lipinski definition) is 6. The van der Waals surface area contributed by atoms with E-state index in [-0.39, 0.29) is 36.1 Å². The number of fused-ring (bicyclic) bond motifs is 1. The molecule has 21 heavy (non-hydrogen) atoms. The van der Waals surface area contributed by atoms with Crippen molar-refractivity contribution in [1.29, 1.82) is 0 Å². The molecule has 0 atom stereocenters. The van der Waals surface area contributed by atoms with Gasteiger partial charge in [0.25, 0.3) is 10.0 Å². The Morgan fingerprint density at radius 3 is 2.71 bits per heavy atom. The highest BCUT2D eigenvalue weighted by Gasteiger charge is 2.29. The molecule has 1 aromatic rings. The van der Waals surface area contributed by atoms with Gasteiger partial charge >= 0.3 is 5.97 Å². The fourth-order valence-corrected chi connectivity index (χ4v) is 3.02. The van der Waals surface area contributed by atoms with Crippen LogP contribution in [0, 0.1) is 0 Å². The summed E-state index contributed by atoms with van der Waals surface area (Å²) in [6.45, 7) is 1.13. The van der Waals surface area contributed by atoms with Crippen LogP contribution < -0.4 is 4.72 Å². The molecule has 1 aliphatic heterocycles. The van der Waals surface area contributed by atoms with Crippen molar-refractivity contribution in [3.63, 3.8) is 0 Å². The van der Waals surface area contributed by atoms with Crippen molar-refractivity contribution in [2.24, 2.45) is 4.99 Å². The van der Waals surface area contributed by atoms with Gasteiger partial charge in [0.05, 0.1) is 17.9 Å². The summed E-state index contributed by atoms with van der Waals surface area (Å²) in [5.41, 5.74) is 0.481. The molecule has 8 heteroatoms. The summed E-state index contributed by atoms with van der Waals surface area (Å²) in [7, 11) is -3.57. The lowest BCUT2D eigenvalue weighted by Crippen LogP contribution is -2.22. The number of esters is 1. The molecule has 0 amide bonds. The van der Waals surface area contributed by atoms with Crippen molar-refractivity contribution in [3.8, 4) is 0 Å². The second kappa shape index (κ2) is 6.04. The Bertz CT molecular complexity index is 709. The average molecular weight is 310 g/mol. The fourth-order valence-electron chi connectivity index (χ4n) is 1.76. The molecule has 112 valence electrons. The van der Waals surface area contributed by atoms with Crippen LogP contribution in [0.3, 0.4) is 0 Å². The van der Waals surface area contributed by atoms with E-state index in [1.165, 1.54) is 13.0 Å². The standard InChI is InChI=1S/C13H14N2O5S/c1-9(16)8-20-12(17)6-7-14-13-10-4-2-3-5-11(10)21(18,19)15-13/h2-5H,6-8H2,1H3,(H,14,15). The first kappa shape index (κ1) is 15.2. The molecule has 1 aromatic carbocycles. The normalized spacial score (nSPS) is 17.1. The van der Waals surface area contributed by atoms with Gasteiger partial charge in [0.1, 0.15) is 12.4 Å². The topological polar surface area (TPSA) is 102 Å². The highest BCUT2D eigenvalue weighted by Crippen LogP contribution is 2.22. The Morgan fingerprint density at radius 1 is 1.29 bits per heavy atom. The third-order valence-corrected chi connectivity index (χ3v) is 4.08. The zero-order valence-corrected chi connectivity index (χ0v) is 12.1.